The molecule has 0 aromatic carbocycles. The highest BCUT2D eigenvalue weighted by molar-refractivity contribution is 7.07. The third-order valence-corrected chi connectivity index (χ3v) is 2.65. The van der Waals surface area contributed by atoms with Crippen molar-refractivity contribution in [3.8, 4) is 6.01 Å². The van der Waals surface area contributed by atoms with Crippen LogP contribution in [-0.2, 0) is 6.54 Å². The van der Waals surface area contributed by atoms with E-state index in [-0.39, 0.29) is 16.8 Å². The Balaban J connectivity index is 2.10. The third-order valence-electron chi connectivity index (χ3n) is 1.93. The third kappa shape index (κ3) is 2.93. The zero-order valence-corrected chi connectivity index (χ0v) is 10.2. The first-order chi connectivity index (χ1) is 8.71. The Morgan fingerprint density at radius 2 is 2.22 bits per heavy atom. The van der Waals surface area contributed by atoms with Gasteiger partial charge in [-0.2, -0.15) is 15.0 Å². The zero-order chi connectivity index (χ0) is 13.0. The standard InChI is InChI=1S/C8H11N7O2S/c1-17-7-13-5(12-6(14-7)15-9)10-2-4-3-18-8(16)11-4/h3H,2,9H2,1H3,(H,11,16)(H2,10,12,13,14,15). The van der Waals surface area contributed by atoms with E-state index in [0.717, 1.165) is 17.0 Å². The average molecular weight is 269 g/mol. The van der Waals surface area contributed by atoms with E-state index in [2.05, 4.69) is 30.7 Å². The van der Waals surface area contributed by atoms with E-state index < -0.39 is 0 Å². The van der Waals surface area contributed by atoms with Crippen molar-refractivity contribution in [1.82, 2.24) is 19.9 Å². The van der Waals surface area contributed by atoms with Crippen molar-refractivity contribution in [2.24, 2.45) is 5.84 Å². The molecule has 0 saturated carbocycles. The summed E-state index contributed by atoms with van der Waals surface area (Å²) in [5.74, 6) is 5.70. The zero-order valence-electron chi connectivity index (χ0n) is 9.43. The largest absolute Gasteiger partial charge is 0.467 e. The van der Waals surface area contributed by atoms with Crippen LogP contribution in [-0.4, -0.2) is 27.0 Å². The maximum absolute atomic E-state index is 10.9. The van der Waals surface area contributed by atoms with Crippen LogP contribution in [0.4, 0.5) is 11.9 Å². The van der Waals surface area contributed by atoms with Crippen LogP contribution in [0.15, 0.2) is 10.2 Å². The molecule has 0 spiro atoms. The lowest BCUT2D eigenvalue weighted by atomic mass is 10.5. The van der Waals surface area contributed by atoms with Crippen molar-refractivity contribution in [3.05, 3.63) is 20.7 Å². The number of anilines is 2. The molecule has 96 valence electrons. The summed E-state index contributed by atoms with van der Waals surface area (Å²) in [5.41, 5.74) is 3.05. The second-order valence-electron chi connectivity index (χ2n) is 3.14. The number of hydrogen-bond acceptors (Lipinski definition) is 9. The summed E-state index contributed by atoms with van der Waals surface area (Å²) in [6.45, 7) is 0.385. The molecule has 0 bridgehead atoms. The van der Waals surface area contributed by atoms with Gasteiger partial charge in [0.15, 0.2) is 0 Å². The molecule has 5 N–H and O–H groups in total. The molecule has 0 aliphatic heterocycles. The van der Waals surface area contributed by atoms with Crippen molar-refractivity contribution in [2.45, 2.75) is 6.54 Å². The quantitative estimate of drug-likeness (QED) is 0.423. The van der Waals surface area contributed by atoms with Crippen molar-refractivity contribution in [1.29, 1.82) is 0 Å². The maximum atomic E-state index is 10.9. The molecule has 2 heterocycles. The van der Waals surface area contributed by atoms with Crippen LogP contribution in [0.25, 0.3) is 0 Å². The second-order valence-corrected chi connectivity index (χ2v) is 3.98. The minimum Gasteiger partial charge on any atom is -0.467 e. The van der Waals surface area contributed by atoms with Gasteiger partial charge in [0.25, 0.3) is 0 Å². The minimum atomic E-state index is -0.107. The lowest BCUT2D eigenvalue weighted by molar-refractivity contribution is 0.379. The van der Waals surface area contributed by atoms with Crippen LogP contribution in [0, 0.1) is 0 Å². The molecule has 0 unspecified atom stereocenters. The van der Waals surface area contributed by atoms with Gasteiger partial charge in [0.1, 0.15) is 0 Å². The Bertz CT molecular complexity index is 559. The van der Waals surface area contributed by atoms with E-state index in [1.165, 1.54) is 7.11 Å². The van der Waals surface area contributed by atoms with E-state index in [1.807, 2.05) is 0 Å². The van der Waals surface area contributed by atoms with Crippen molar-refractivity contribution >= 4 is 23.2 Å². The van der Waals surface area contributed by atoms with Gasteiger partial charge in [-0.1, -0.05) is 11.3 Å². The first-order valence-corrected chi connectivity index (χ1v) is 5.76. The van der Waals surface area contributed by atoms with Crippen LogP contribution < -0.4 is 26.2 Å². The van der Waals surface area contributed by atoms with Crippen molar-refractivity contribution < 1.29 is 4.74 Å². The van der Waals surface area contributed by atoms with Gasteiger partial charge in [-0.15, -0.1) is 0 Å². The Hall–Kier alpha value is -2.20. The highest BCUT2D eigenvalue weighted by atomic mass is 32.1. The van der Waals surface area contributed by atoms with Gasteiger partial charge in [-0.3, -0.25) is 10.2 Å². The number of thiazole rings is 1. The first-order valence-electron chi connectivity index (χ1n) is 4.88. The number of hydrogen-bond donors (Lipinski definition) is 4. The number of H-pyrrole nitrogens is 1. The topological polar surface area (TPSA) is 131 Å². The first kappa shape index (κ1) is 12.3. The van der Waals surface area contributed by atoms with E-state index >= 15 is 0 Å². The Kier molecular flexibility index (Phi) is 3.69. The van der Waals surface area contributed by atoms with Gasteiger partial charge < -0.3 is 15.0 Å². The molecule has 0 atom stereocenters. The number of aromatic amines is 1. The van der Waals surface area contributed by atoms with Gasteiger partial charge in [0.2, 0.25) is 11.9 Å². The Morgan fingerprint density at radius 3 is 2.83 bits per heavy atom. The summed E-state index contributed by atoms with van der Waals surface area (Å²) in [6, 6.07) is 0.138. The lowest BCUT2D eigenvalue weighted by Crippen LogP contribution is -2.14. The number of nitrogens with two attached hydrogens (primary N) is 1. The number of nitrogens with one attached hydrogen (secondary N) is 3. The SMILES string of the molecule is COc1nc(NN)nc(NCc2csc(=O)[nH]2)n1. The van der Waals surface area contributed by atoms with E-state index in [1.54, 1.807) is 5.38 Å². The molecule has 2 aromatic heterocycles. The average Bonchev–Trinajstić information content (AvgIpc) is 2.81. The number of nitrogen functional groups attached to an aromatic ring is 1. The van der Waals surface area contributed by atoms with E-state index in [9.17, 15) is 4.79 Å². The molecule has 0 aliphatic carbocycles. The van der Waals surface area contributed by atoms with Crippen LogP contribution in [0.1, 0.15) is 5.69 Å². The fraction of sp³-hybridized carbons (Fsp3) is 0.250. The summed E-state index contributed by atoms with van der Waals surface area (Å²) < 4.78 is 4.90. The Labute approximate surface area is 105 Å². The van der Waals surface area contributed by atoms with E-state index in [0.29, 0.717) is 12.5 Å². The molecule has 10 heteroatoms. The van der Waals surface area contributed by atoms with Crippen molar-refractivity contribution in [2.75, 3.05) is 17.9 Å². The number of methoxy groups -OCH3 is 1. The molecule has 0 saturated heterocycles. The monoisotopic (exact) mass is 269 g/mol. The fourth-order valence-corrected chi connectivity index (χ4v) is 1.75. The van der Waals surface area contributed by atoms with Gasteiger partial charge in [-0.05, 0) is 0 Å². The van der Waals surface area contributed by atoms with Crippen molar-refractivity contribution in [3.63, 3.8) is 0 Å². The number of hydrazine groups is 1. The molecule has 0 amide bonds. The molecule has 0 radical (unpaired) electrons. The van der Waals surface area contributed by atoms with Gasteiger partial charge in [0, 0.05) is 11.1 Å². The predicted octanol–water partition coefficient (Wildman–Crippen LogP) is -0.472. The fourth-order valence-electron chi connectivity index (χ4n) is 1.17. The van der Waals surface area contributed by atoms with Crippen LogP contribution in [0.3, 0.4) is 0 Å². The molecular weight excluding hydrogens is 258 g/mol. The smallest absolute Gasteiger partial charge is 0.322 e. The number of rotatable bonds is 5. The number of aromatic nitrogens is 4. The molecule has 2 rings (SSSR count). The number of ether oxygens (including phenoxy) is 1. The van der Waals surface area contributed by atoms with Gasteiger partial charge in [0.05, 0.1) is 13.7 Å². The molecule has 18 heavy (non-hydrogen) atoms. The molecule has 9 nitrogen and oxygen atoms in total. The summed E-state index contributed by atoms with van der Waals surface area (Å²) >= 11 is 1.09. The Morgan fingerprint density at radius 1 is 1.44 bits per heavy atom. The molecular formula is C8H11N7O2S. The van der Waals surface area contributed by atoms with Gasteiger partial charge in [-0.25, -0.2) is 5.84 Å². The van der Waals surface area contributed by atoms with E-state index in [4.69, 9.17) is 10.6 Å². The van der Waals surface area contributed by atoms with Crippen LogP contribution >= 0.6 is 11.3 Å². The summed E-state index contributed by atoms with van der Waals surface area (Å²) in [5, 5.41) is 4.64. The van der Waals surface area contributed by atoms with Crippen LogP contribution in [0.5, 0.6) is 6.01 Å². The summed E-state index contributed by atoms with van der Waals surface area (Å²) in [6.07, 6.45) is 0. The summed E-state index contributed by atoms with van der Waals surface area (Å²) in [4.78, 5) is 25.3. The molecule has 0 aliphatic rings. The van der Waals surface area contributed by atoms with Gasteiger partial charge >= 0.3 is 10.9 Å². The van der Waals surface area contributed by atoms with Crippen LogP contribution in [0.2, 0.25) is 0 Å². The normalized spacial score (nSPS) is 10.1. The molecule has 2 aromatic rings. The summed E-state index contributed by atoms with van der Waals surface area (Å²) in [7, 11) is 1.44. The number of nitrogens with zero attached hydrogens (tertiary/aromatic N) is 3. The maximum Gasteiger partial charge on any atom is 0.322 e. The minimum absolute atomic E-state index is 0.107. The highest BCUT2D eigenvalue weighted by Gasteiger charge is 2.06. The second kappa shape index (κ2) is 5.42. The predicted molar refractivity (Wildman–Crippen MR) is 66.5 cm³/mol. The lowest BCUT2D eigenvalue weighted by Gasteiger charge is -2.06. The molecule has 0 fully saturated rings. The highest BCUT2D eigenvalue weighted by Crippen LogP contribution is 2.10.